The number of nitrogens with zero attached hydrogens (tertiary/aromatic N) is 4. The fourth-order valence-corrected chi connectivity index (χ4v) is 7.47. The van der Waals surface area contributed by atoms with Crippen LogP contribution in [-0.4, -0.2) is 19.5 Å². The summed E-state index contributed by atoms with van der Waals surface area (Å²) in [5.74, 6) is 1.96. The number of thiophene rings is 1. The molecule has 0 fully saturated rings. The van der Waals surface area contributed by atoms with E-state index >= 15 is 0 Å². The minimum atomic E-state index is 0.648. The molecule has 0 saturated carbocycles. The molecule has 9 aromatic rings. The number of aromatic nitrogens is 4. The lowest BCUT2D eigenvalue weighted by atomic mass is 10.1. The van der Waals surface area contributed by atoms with Gasteiger partial charge in [-0.2, -0.15) is 0 Å². The van der Waals surface area contributed by atoms with E-state index in [9.17, 15) is 0 Å². The molecular weight excluding hydrogens is 581 g/mol. The van der Waals surface area contributed by atoms with E-state index in [1.165, 1.54) is 36.8 Å². The van der Waals surface area contributed by atoms with Crippen molar-refractivity contribution in [2.45, 2.75) is 0 Å². The third kappa shape index (κ3) is 4.48. The summed E-state index contributed by atoms with van der Waals surface area (Å²) in [6.45, 7) is 0. The summed E-state index contributed by atoms with van der Waals surface area (Å²) in [5, 5.41) is 2.47. The zero-order valence-corrected chi connectivity index (χ0v) is 25.5. The molecule has 4 nitrogen and oxygen atoms in total. The van der Waals surface area contributed by atoms with E-state index in [1.54, 1.807) is 0 Å². The van der Waals surface area contributed by atoms with Crippen LogP contribution in [0.2, 0.25) is 0 Å². The predicted octanol–water partition coefficient (Wildman–Crippen LogP) is 10.9. The van der Waals surface area contributed by atoms with Crippen LogP contribution in [0.1, 0.15) is 0 Å². The molecule has 6 aromatic carbocycles. The van der Waals surface area contributed by atoms with E-state index < -0.39 is 0 Å². The minimum Gasteiger partial charge on any atom is -0.308 e. The smallest absolute Gasteiger partial charge is 0.164 e. The maximum absolute atomic E-state index is 5.02. The summed E-state index contributed by atoms with van der Waals surface area (Å²) in [7, 11) is 0. The summed E-state index contributed by atoms with van der Waals surface area (Å²) in [6.07, 6.45) is 0. The quantitative estimate of drug-likeness (QED) is 0.196. The number of benzene rings is 6. The molecule has 9 rings (SSSR count). The largest absolute Gasteiger partial charge is 0.308 e. The van der Waals surface area contributed by atoms with Gasteiger partial charge in [0.25, 0.3) is 0 Å². The zero-order valence-electron chi connectivity index (χ0n) is 24.7. The van der Waals surface area contributed by atoms with Gasteiger partial charge < -0.3 is 4.57 Å². The van der Waals surface area contributed by atoms with Crippen molar-refractivity contribution in [1.29, 1.82) is 0 Å². The first-order chi connectivity index (χ1) is 22.8. The first kappa shape index (κ1) is 26.5. The zero-order chi connectivity index (χ0) is 30.5. The molecule has 0 radical (unpaired) electrons. The van der Waals surface area contributed by atoms with E-state index in [-0.39, 0.29) is 0 Å². The Labute approximate surface area is 269 Å². The fourth-order valence-electron chi connectivity index (χ4n) is 6.24. The maximum atomic E-state index is 5.02. The summed E-state index contributed by atoms with van der Waals surface area (Å²) in [5.41, 5.74) is 8.73. The molecule has 0 N–H and O–H groups in total. The maximum Gasteiger partial charge on any atom is 0.164 e. The molecule has 0 amide bonds. The molecule has 0 atom stereocenters. The number of fused-ring (bicyclic) bond motifs is 5. The second kappa shape index (κ2) is 10.9. The standard InChI is InChI=1S/C41H26N4S/c1-4-12-27(13-5-1)28-20-23-32(24-21-28)45-35-26-31(22-25-33(35)38-37(45)34-18-10-11-19-36(34)46-38)41-43-39(29-14-6-2-7-15-29)42-40(44-41)30-16-8-3-9-17-30/h1-26H. The van der Waals surface area contributed by atoms with Crippen molar-refractivity contribution in [2.75, 3.05) is 0 Å². The molecule has 0 bridgehead atoms. The van der Waals surface area contributed by atoms with Crippen LogP contribution in [0.25, 0.3) is 82.2 Å². The summed E-state index contributed by atoms with van der Waals surface area (Å²) in [6, 6.07) is 54.9. The molecule has 216 valence electrons. The molecule has 5 heteroatoms. The van der Waals surface area contributed by atoms with Crippen LogP contribution in [0.5, 0.6) is 0 Å². The third-order valence-electron chi connectivity index (χ3n) is 8.47. The van der Waals surface area contributed by atoms with Crippen molar-refractivity contribution < 1.29 is 0 Å². The predicted molar refractivity (Wildman–Crippen MR) is 191 cm³/mol. The first-order valence-corrected chi connectivity index (χ1v) is 16.1. The number of hydrogen-bond donors (Lipinski definition) is 0. The van der Waals surface area contributed by atoms with Gasteiger partial charge in [0.15, 0.2) is 17.5 Å². The number of rotatable bonds is 5. The highest BCUT2D eigenvalue weighted by molar-refractivity contribution is 7.26. The van der Waals surface area contributed by atoms with E-state index in [4.69, 9.17) is 15.0 Å². The van der Waals surface area contributed by atoms with E-state index in [2.05, 4.69) is 102 Å². The Morgan fingerprint density at radius 2 is 0.913 bits per heavy atom. The molecule has 0 aliphatic rings. The average Bonchev–Trinajstić information content (AvgIpc) is 3.67. The Hall–Kier alpha value is -5.91. The van der Waals surface area contributed by atoms with Crippen molar-refractivity contribution >= 4 is 42.5 Å². The molecular formula is C41H26N4S. The molecule has 0 aliphatic heterocycles. The van der Waals surface area contributed by atoms with Crippen LogP contribution in [0.15, 0.2) is 158 Å². The summed E-state index contributed by atoms with van der Waals surface area (Å²) >= 11 is 1.85. The van der Waals surface area contributed by atoms with Gasteiger partial charge in [0.2, 0.25) is 0 Å². The van der Waals surface area contributed by atoms with Crippen LogP contribution < -0.4 is 0 Å². The van der Waals surface area contributed by atoms with Crippen LogP contribution in [0.4, 0.5) is 0 Å². The lowest BCUT2D eigenvalue weighted by molar-refractivity contribution is 1.07. The van der Waals surface area contributed by atoms with Gasteiger partial charge in [0.1, 0.15) is 0 Å². The van der Waals surface area contributed by atoms with Crippen molar-refractivity contribution in [1.82, 2.24) is 19.5 Å². The highest BCUT2D eigenvalue weighted by Crippen LogP contribution is 2.43. The van der Waals surface area contributed by atoms with Gasteiger partial charge in [-0.15, -0.1) is 11.3 Å². The van der Waals surface area contributed by atoms with Gasteiger partial charge in [-0.05, 0) is 35.4 Å². The first-order valence-electron chi connectivity index (χ1n) is 15.3. The summed E-state index contributed by atoms with van der Waals surface area (Å²) in [4.78, 5) is 14.9. The Morgan fingerprint density at radius 1 is 0.413 bits per heavy atom. The highest BCUT2D eigenvalue weighted by Gasteiger charge is 2.20. The SMILES string of the molecule is c1ccc(-c2ccc(-n3c4cc(-c5nc(-c6ccccc6)nc(-c6ccccc6)n5)ccc4c4sc5ccccc5c43)cc2)cc1. The minimum absolute atomic E-state index is 0.648. The lowest BCUT2D eigenvalue weighted by Crippen LogP contribution is -2.00. The van der Waals surface area contributed by atoms with E-state index in [0.29, 0.717) is 17.5 Å². The fraction of sp³-hybridized carbons (Fsp3) is 0. The average molecular weight is 607 g/mol. The van der Waals surface area contributed by atoms with E-state index in [0.717, 1.165) is 27.9 Å². The van der Waals surface area contributed by atoms with Crippen molar-refractivity contribution in [3.8, 4) is 51.0 Å². The molecule has 0 spiro atoms. The lowest BCUT2D eigenvalue weighted by Gasteiger charge is -2.11. The second-order valence-electron chi connectivity index (χ2n) is 11.3. The van der Waals surface area contributed by atoms with Gasteiger partial charge in [0.05, 0.1) is 15.7 Å². The van der Waals surface area contributed by atoms with Crippen LogP contribution in [0.3, 0.4) is 0 Å². The van der Waals surface area contributed by atoms with Gasteiger partial charge in [-0.1, -0.05) is 133 Å². The molecule has 46 heavy (non-hydrogen) atoms. The normalized spacial score (nSPS) is 11.5. The Morgan fingerprint density at radius 3 is 1.54 bits per heavy atom. The van der Waals surface area contributed by atoms with Crippen LogP contribution >= 0.6 is 11.3 Å². The van der Waals surface area contributed by atoms with Crippen LogP contribution in [0, 0.1) is 0 Å². The summed E-state index contributed by atoms with van der Waals surface area (Å²) < 4.78 is 4.96. The Balaban J connectivity index is 1.27. The molecule has 0 unspecified atom stereocenters. The van der Waals surface area contributed by atoms with Crippen molar-refractivity contribution in [2.24, 2.45) is 0 Å². The third-order valence-corrected chi connectivity index (χ3v) is 9.66. The van der Waals surface area contributed by atoms with Gasteiger partial charge >= 0.3 is 0 Å². The molecule has 0 saturated heterocycles. The van der Waals surface area contributed by atoms with Crippen molar-refractivity contribution in [3.05, 3.63) is 158 Å². The van der Waals surface area contributed by atoms with Gasteiger partial charge in [-0.25, -0.2) is 15.0 Å². The molecule has 3 heterocycles. The Kier molecular flexibility index (Phi) is 6.28. The van der Waals surface area contributed by atoms with E-state index in [1.807, 2.05) is 72.0 Å². The second-order valence-corrected chi connectivity index (χ2v) is 12.3. The van der Waals surface area contributed by atoms with Crippen LogP contribution in [-0.2, 0) is 0 Å². The topological polar surface area (TPSA) is 43.6 Å². The van der Waals surface area contributed by atoms with Gasteiger partial charge in [-0.3, -0.25) is 0 Å². The molecule has 0 aliphatic carbocycles. The highest BCUT2D eigenvalue weighted by atomic mass is 32.1. The van der Waals surface area contributed by atoms with Crippen molar-refractivity contribution in [3.63, 3.8) is 0 Å². The van der Waals surface area contributed by atoms with Gasteiger partial charge in [0, 0.05) is 37.9 Å². The monoisotopic (exact) mass is 606 g/mol. The number of hydrogen-bond acceptors (Lipinski definition) is 4. The molecule has 3 aromatic heterocycles. The Bertz CT molecular complexity index is 2440.